The second-order valence-corrected chi connectivity index (χ2v) is 5.15. The highest BCUT2D eigenvalue weighted by molar-refractivity contribution is 9.10. The summed E-state index contributed by atoms with van der Waals surface area (Å²) in [5.74, 6) is 1.80. The van der Waals surface area contributed by atoms with E-state index in [9.17, 15) is 0 Å². The minimum absolute atomic E-state index is 0.480. The van der Waals surface area contributed by atoms with E-state index in [1.807, 2.05) is 25.1 Å². The Labute approximate surface area is 119 Å². The van der Waals surface area contributed by atoms with Crippen LogP contribution >= 0.6 is 27.5 Å². The molecule has 1 heterocycles. The SMILES string of the molecule is Cc1nc(N)c(C)c(Nc2ccc(Br)c(Cl)c2)n1. The lowest BCUT2D eigenvalue weighted by Gasteiger charge is -2.11. The monoisotopic (exact) mass is 326 g/mol. The van der Waals surface area contributed by atoms with Crippen LogP contribution in [0.5, 0.6) is 0 Å². The molecule has 0 bridgehead atoms. The van der Waals surface area contributed by atoms with Gasteiger partial charge in [0.1, 0.15) is 17.5 Å². The van der Waals surface area contributed by atoms with E-state index in [4.69, 9.17) is 17.3 Å². The summed E-state index contributed by atoms with van der Waals surface area (Å²) in [7, 11) is 0. The lowest BCUT2D eigenvalue weighted by atomic mass is 10.2. The zero-order chi connectivity index (χ0) is 13.3. The van der Waals surface area contributed by atoms with Crippen molar-refractivity contribution < 1.29 is 0 Å². The highest BCUT2D eigenvalue weighted by Crippen LogP contribution is 2.28. The fraction of sp³-hybridized carbons (Fsp3) is 0.167. The number of nitrogens with one attached hydrogen (secondary N) is 1. The number of nitrogens with zero attached hydrogens (tertiary/aromatic N) is 2. The molecule has 0 spiro atoms. The zero-order valence-corrected chi connectivity index (χ0v) is 12.3. The fourth-order valence-electron chi connectivity index (χ4n) is 1.48. The first-order valence-electron chi connectivity index (χ1n) is 5.30. The van der Waals surface area contributed by atoms with Gasteiger partial charge in [0.05, 0.1) is 5.02 Å². The summed E-state index contributed by atoms with van der Waals surface area (Å²) in [5, 5.41) is 3.82. The van der Waals surface area contributed by atoms with Gasteiger partial charge in [-0.2, -0.15) is 0 Å². The third-order valence-corrected chi connectivity index (χ3v) is 3.71. The molecule has 1 aromatic carbocycles. The summed E-state index contributed by atoms with van der Waals surface area (Å²) in [6, 6.07) is 5.60. The van der Waals surface area contributed by atoms with Gasteiger partial charge in [-0.15, -0.1) is 0 Å². The van der Waals surface area contributed by atoms with E-state index in [1.54, 1.807) is 6.92 Å². The molecule has 0 saturated heterocycles. The number of rotatable bonds is 2. The Hall–Kier alpha value is -1.33. The highest BCUT2D eigenvalue weighted by Gasteiger charge is 2.07. The van der Waals surface area contributed by atoms with Crippen LogP contribution in [0, 0.1) is 13.8 Å². The molecular formula is C12H12BrClN4. The number of anilines is 3. The van der Waals surface area contributed by atoms with Gasteiger partial charge < -0.3 is 11.1 Å². The fourth-order valence-corrected chi connectivity index (χ4v) is 1.91. The first-order chi connectivity index (χ1) is 8.47. The Bertz CT molecular complexity index is 601. The molecule has 6 heteroatoms. The molecule has 18 heavy (non-hydrogen) atoms. The number of hydrogen-bond donors (Lipinski definition) is 2. The van der Waals surface area contributed by atoms with Crippen LogP contribution in [0.2, 0.25) is 5.02 Å². The van der Waals surface area contributed by atoms with Gasteiger partial charge in [-0.05, 0) is 48.0 Å². The number of hydrogen-bond acceptors (Lipinski definition) is 4. The van der Waals surface area contributed by atoms with Crippen molar-refractivity contribution in [1.82, 2.24) is 9.97 Å². The Balaban J connectivity index is 2.36. The quantitative estimate of drug-likeness (QED) is 0.879. The van der Waals surface area contributed by atoms with Crippen LogP contribution in [0.25, 0.3) is 0 Å². The minimum atomic E-state index is 0.480. The molecule has 4 nitrogen and oxygen atoms in total. The largest absolute Gasteiger partial charge is 0.383 e. The van der Waals surface area contributed by atoms with E-state index in [0.29, 0.717) is 22.5 Å². The summed E-state index contributed by atoms with van der Waals surface area (Å²) < 4.78 is 0.852. The van der Waals surface area contributed by atoms with Gasteiger partial charge in [-0.1, -0.05) is 11.6 Å². The van der Waals surface area contributed by atoms with Crippen molar-refractivity contribution in [3.8, 4) is 0 Å². The van der Waals surface area contributed by atoms with Gasteiger partial charge in [0.15, 0.2) is 0 Å². The van der Waals surface area contributed by atoms with Crippen LogP contribution in [0.3, 0.4) is 0 Å². The Kier molecular flexibility index (Phi) is 3.73. The first kappa shape index (κ1) is 13.1. The summed E-state index contributed by atoms with van der Waals surface area (Å²) in [4.78, 5) is 8.42. The van der Waals surface area contributed by atoms with Crippen LogP contribution in [0.15, 0.2) is 22.7 Å². The van der Waals surface area contributed by atoms with Crippen LogP contribution in [0.4, 0.5) is 17.3 Å². The van der Waals surface area contributed by atoms with E-state index in [2.05, 4.69) is 31.2 Å². The predicted octanol–water partition coefficient (Wildman–Crippen LogP) is 3.84. The average Bonchev–Trinajstić information content (AvgIpc) is 2.30. The number of aromatic nitrogens is 2. The van der Waals surface area contributed by atoms with Crippen molar-refractivity contribution in [1.29, 1.82) is 0 Å². The molecule has 0 aliphatic carbocycles. The van der Waals surface area contributed by atoms with Gasteiger partial charge in [0.2, 0.25) is 0 Å². The standard InChI is InChI=1S/C12H12BrClN4/c1-6-11(15)16-7(2)17-12(6)18-8-3-4-9(13)10(14)5-8/h3-5H,1-2H3,(H3,15,16,17,18). The van der Waals surface area contributed by atoms with Crippen molar-refractivity contribution >= 4 is 44.9 Å². The van der Waals surface area contributed by atoms with Gasteiger partial charge in [-0.25, -0.2) is 9.97 Å². The van der Waals surface area contributed by atoms with E-state index in [-0.39, 0.29) is 0 Å². The molecule has 0 saturated carbocycles. The highest BCUT2D eigenvalue weighted by atomic mass is 79.9. The molecule has 0 radical (unpaired) electrons. The topological polar surface area (TPSA) is 63.8 Å². The van der Waals surface area contributed by atoms with Crippen molar-refractivity contribution in [3.05, 3.63) is 39.1 Å². The molecule has 3 N–H and O–H groups in total. The van der Waals surface area contributed by atoms with Crippen LogP contribution in [-0.2, 0) is 0 Å². The maximum atomic E-state index is 6.04. The van der Waals surface area contributed by atoms with Crippen molar-refractivity contribution in [3.63, 3.8) is 0 Å². The Morgan fingerprint density at radius 1 is 1.28 bits per heavy atom. The predicted molar refractivity (Wildman–Crippen MR) is 78.4 cm³/mol. The first-order valence-corrected chi connectivity index (χ1v) is 6.47. The summed E-state index contributed by atoms with van der Waals surface area (Å²) in [5.41, 5.74) is 7.47. The van der Waals surface area contributed by atoms with Crippen molar-refractivity contribution in [2.75, 3.05) is 11.1 Å². The third-order valence-electron chi connectivity index (χ3n) is 2.48. The molecule has 1 aromatic heterocycles. The lowest BCUT2D eigenvalue weighted by Crippen LogP contribution is -2.04. The van der Waals surface area contributed by atoms with E-state index in [1.165, 1.54) is 0 Å². The normalized spacial score (nSPS) is 10.4. The number of benzene rings is 1. The van der Waals surface area contributed by atoms with Gasteiger partial charge in [-0.3, -0.25) is 0 Å². The molecule has 2 rings (SSSR count). The maximum Gasteiger partial charge on any atom is 0.139 e. The molecule has 0 aliphatic rings. The Morgan fingerprint density at radius 2 is 2.00 bits per heavy atom. The zero-order valence-electron chi connectivity index (χ0n) is 9.96. The summed E-state index contributed by atoms with van der Waals surface area (Å²) >= 11 is 9.39. The smallest absolute Gasteiger partial charge is 0.139 e. The summed E-state index contributed by atoms with van der Waals surface area (Å²) in [6.45, 7) is 3.67. The third kappa shape index (κ3) is 2.73. The Morgan fingerprint density at radius 3 is 2.67 bits per heavy atom. The lowest BCUT2D eigenvalue weighted by molar-refractivity contribution is 1.04. The number of nitrogens with two attached hydrogens (primary N) is 1. The van der Waals surface area contributed by atoms with Gasteiger partial charge in [0, 0.05) is 15.7 Å². The van der Waals surface area contributed by atoms with Gasteiger partial charge >= 0.3 is 0 Å². The van der Waals surface area contributed by atoms with Gasteiger partial charge in [0.25, 0.3) is 0 Å². The average molecular weight is 328 g/mol. The molecule has 0 amide bonds. The van der Waals surface area contributed by atoms with Crippen LogP contribution < -0.4 is 11.1 Å². The molecule has 2 aromatic rings. The van der Waals surface area contributed by atoms with E-state index < -0.39 is 0 Å². The number of aryl methyl sites for hydroxylation is 1. The van der Waals surface area contributed by atoms with E-state index in [0.717, 1.165) is 15.7 Å². The molecule has 0 fully saturated rings. The number of halogens is 2. The minimum Gasteiger partial charge on any atom is -0.383 e. The second kappa shape index (κ2) is 5.12. The van der Waals surface area contributed by atoms with Crippen molar-refractivity contribution in [2.45, 2.75) is 13.8 Å². The van der Waals surface area contributed by atoms with E-state index >= 15 is 0 Å². The molecule has 0 unspecified atom stereocenters. The molecule has 0 atom stereocenters. The van der Waals surface area contributed by atoms with Crippen molar-refractivity contribution in [2.24, 2.45) is 0 Å². The van der Waals surface area contributed by atoms with Crippen LogP contribution in [0.1, 0.15) is 11.4 Å². The molecular weight excluding hydrogens is 316 g/mol. The second-order valence-electron chi connectivity index (χ2n) is 3.88. The maximum absolute atomic E-state index is 6.04. The molecule has 0 aliphatic heterocycles. The molecule has 94 valence electrons. The van der Waals surface area contributed by atoms with Crippen LogP contribution in [-0.4, -0.2) is 9.97 Å². The summed E-state index contributed by atoms with van der Waals surface area (Å²) in [6.07, 6.45) is 0. The number of nitrogen functional groups attached to an aromatic ring is 1.